The van der Waals surface area contributed by atoms with Crippen LogP contribution in [0.15, 0.2) is 6.20 Å². The summed E-state index contributed by atoms with van der Waals surface area (Å²) < 4.78 is 1.90. The molecule has 3 saturated heterocycles. The topological polar surface area (TPSA) is 66.3 Å². The molecule has 3 fully saturated rings. The molecule has 0 spiro atoms. The van der Waals surface area contributed by atoms with Crippen LogP contribution >= 0.6 is 0 Å². The zero-order valence-corrected chi connectivity index (χ0v) is 15.1. The highest BCUT2D eigenvalue weighted by Crippen LogP contribution is 2.22. The molecular formula is C18H30N6O. The van der Waals surface area contributed by atoms with E-state index in [2.05, 4.69) is 20.5 Å². The Bertz CT molecular complexity index is 568. The van der Waals surface area contributed by atoms with Crippen molar-refractivity contribution in [3.8, 4) is 0 Å². The number of hydrogen-bond donors (Lipinski definition) is 1. The molecule has 3 aliphatic rings. The summed E-state index contributed by atoms with van der Waals surface area (Å²) in [7, 11) is 0. The third-order valence-electron chi connectivity index (χ3n) is 6.07. The third kappa shape index (κ3) is 3.87. The standard InChI is InChI=1S/C18H30N6O/c25-18(17-14-24(21-20-17)16-4-8-19-9-5-16)23-12-6-15(7-13-23)22-10-2-1-3-11-22/h14-16,19H,1-13H2. The molecule has 0 saturated carbocycles. The Morgan fingerprint density at radius 1 is 0.960 bits per heavy atom. The molecule has 25 heavy (non-hydrogen) atoms. The van der Waals surface area contributed by atoms with E-state index in [9.17, 15) is 4.79 Å². The second-order valence-corrected chi connectivity index (χ2v) is 7.68. The number of carbonyl (C=O) groups excluding carboxylic acids is 1. The first-order valence-corrected chi connectivity index (χ1v) is 9.97. The smallest absolute Gasteiger partial charge is 0.276 e. The second kappa shape index (κ2) is 7.83. The summed E-state index contributed by atoms with van der Waals surface area (Å²) in [6.45, 7) is 6.20. The van der Waals surface area contributed by atoms with Gasteiger partial charge in [0.1, 0.15) is 0 Å². The van der Waals surface area contributed by atoms with Crippen molar-refractivity contribution in [2.75, 3.05) is 39.3 Å². The Kier molecular flexibility index (Phi) is 5.31. The Morgan fingerprint density at radius 3 is 2.40 bits per heavy atom. The monoisotopic (exact) mass is 346 g/mol. The van der Waals surface area contributed by atoms with E-state index >= 15 is 0 Å². The van der Waals surface area contributed by atoms with Gasteiger partial charge in [-0.2, -0.15) is 0 Å². The Labute approximate surface area is 149 Å². The number of likely N-dealkylation sites (tertiary alicyclic amines) is 2. The molecule has 0 aromatic carbocycles. The van der Waals surface area contributed by atoms with E-state index in [1.807, 2.05) is 15.8 Å². The minimum Gasteiger partial charge on any atom is -0.337 e. The first-order valence-electron chi connectivity index (χ1n) is 9.97. The fourth-order valence-corrected chi connectivity index (χ4v) is 4.50. The summed E-state index contributed by atoms with van der Waals surface area (Å²) >= 11 is 0. The number of hydrogen-bond acceptors (Lipinski definition) is 5. The Balaban J connectivity index is 1.32. The van der Waals surface area contributed by atoms with Gasteiger partial charge in [-0.1, -0.05) is 11.6 Å². The molecule has 138 valence electrons. The molecule has 1 amide bonds. The lowest BCUT2D eigenvalue weighted by Gasteiger charge is -2.40. The normalized spacial score (nSPS) is 24.6. The first-order chi connectivity index (χ1) is 12.3. The number of amides is 1. The zero-order chi connectivity index (χ0) is 17.1. The number of rotatable bonds is 3. The van der Waals surface area contributed by atoms with Gasteiger partial charge in [-0.15, -0.1) is 5.10 Å². The molecule has 0 atom stereocenters. The molecule has 1 aromatic heterocycles. The van der Waals surface area contributed by atoms with E-state index in [1.165, 1.54) is 32.4 Å². The molecule has 0 bridgehead atoms. The quantitative estimate of drug-likeness (QED) is 0.893. The lowest BCUT2D eigenvalue weighted by Crippen LogP contribution is -2.48. The minimum atomic E-state index is 0.0530. The van der Waals surface area contributed by atoms with Gasteiger partial charge in [0.15, 0.2) is 5.69 Å². The van der Waals surface area contributed by atoms with E-state index in [4.69, 9.17) is 0 Å². The molecule has 0 aliphatic carbocycles. The van der Waals surface area contributed by atoms with Gasteiger partial charge >= 0.3 is 0 Å². The molecule has 4 heterocycles. The van der Waals surface area contributed by atoms with E-state index in [0.29, 0.717) is 17.8 Å². The van der Waals surface area contributed by atoms with Crippen molar-refractivity contribution in [3.05, 3.63) is 11.9 Å². The Morgan fingerprint density at radius 2 is 1.68 bits per heavy atom. The molecular weight excluding hydrogens is 316 g/mol. The third-order valence-corrected chi connectivity index (χ3v) is 6.07. The summed E-state index contributed by atoms with van der Waals surface area (Å²) in [5.74, 6) is 0.0530. The summed E-state index contributed by atoms with van der Waals surface area (Å²) in [4.78, 5) is 17.4. The maximum Gasteiger partial charge on any atom is 0.276 e. The molecule has 3 aliphatic heterocycles. The Hall–Kier alpha value is -1.47. The lowest BCUT2D eigenvalue weighted by molar-refractivity contribution is 0.0584. The molecule has 0 unspecified atom stereocenters. The van der Waals surface area contributed by atoms with Crippen LogP contribution in [0.3, 0.4) is 0 Å². The van der Waals surface area contributed by atoms with E-state index in [0.717, 1.165) is 51.9 Å². The molecule has 7 nitrogen and oxygen atoms in total. The van der Waals surface area contributed by atoms with Gasteiger partial charge < -0.3 is 15.1 Å². The van der Waals surface area contributed by atoms with E-state index < -0.39 is 0 Å². The number of carbonyl (C=O) groups is 1. The van der Waals surface area contributed by atoms with Crippen LogP contribution in [0, 0.1) is 0 Å². The number of aromatic nitrogens is 3. The van der Waals surface area contributed by atoms with Gasteiger partial charge in [0.05, 0.1) is 12.2 Å². The highest BCUT2D eigenvalue weighted by molar-refractivity contribution is 5.92. The summed E-state index contributed by atoms with van der Waals surface area (Å²) in [6.07, 6.45) is 10.2. The van der Waals surface area contributed by atoms with Gasteiger partial charge in [-0.25, -0.2) is 4.68 Å². The van der Waals surface area contributed by atoms with Crippen LogP contribution < -0.4 is 5.32 Å². The van der Waals surface area contributed by atoms with Crippen LogP contribution in [0.2, 0.25) is 0 Å². The SMILES string of the molecule is O=C(c1cn(C2CCNCC2)nn1)N1CCC(N2CCCCC2)CC1. The fourth-order valence-electron chi connectivity index (χ4n) is 4.50. The minimum absolute atomic E-state index is 0.0530. The van der Waals surface area contributed by atoms with Crippen LogP contribution in [0.1, 0.15) is 61.5 Å². The highest BCUT2D eigenvalue weighted by atomic mass is 16.2. The van der Waals surface area contributed by atoms with Gasteiger partial charge in [-0.3, -0.25) is 4.79 Å². The molecule has 1 aromatic rings. The maximum absolute atomic E-state index is 12.8. The molecule has 4 rings (SSSR count). The maximum atomic E-state index is 12.8. The summed E-state index contributed by atoms with van der Waals surface area (Å²) in [5, 5.41) is 11.7. The number of piperidine rings is 3. The largest absolute Gasteiger partial charge is 0.337 e. The summed E-state index contributed by atoms with van der Waals surface area (Å²) in [6, 6.07) is 1.04. The van der Waals surface area contributed by atoms with Gasteiger partial charge in [0.25, 0.3) is 5.91 Å². The van der Waals surface area contributed by atoms with Crippen molar-refractivity contribution < 1.29 is 4.79 Å². The van der Waals surface area contributed by atoms with Crippen molar-refractivity contribution in [3.63, 3.8) is 0 Å². The highest BCUT2D eigenvalue weighted by Gasteiger charge is 2.29. The predicted molar refractivity (Wildman–Crippen MR) is 95.5 cm³/mol. The predicted octanol–water partition coefficient (Wildman–Crippen LogP) is 1.29. The van der Waals surface area contributed by atoms with Crippen molar-refractivity contribution in [2.24, 2.45) is 0 Å². The van der Waals surface area contributed by atoms with Gasteiger partial charge in [0.2, 0.25) is 0 Å². The van der Waals surface area contributed by atoms with Crippen LogP contribution in [0.4, 0.5) is 0 Å². The van der Waals surface area contributed by atoms with Crippen LogP contribution in [0.25, 0.3) is 0 Å². The fraction of sp³-hybridized carbons (Fsp3) is 0.833. The molecule has 0 radical (unpaired) electrons. The van der Waals surface area contributed by atoms with E-state index in [-0.39, 0.29) is 5.91 Å². The van der Waals surface area contributed by atoms with Gasteiger partial charge in [0, 0.05) is 19.1 Å². The molecule has 1 N–H and O–H groups in total. The van der Waals surface area contributed by atoms with Crippen LogP contribution in [-0.2, 0) is 0 Å². The van der Waals surface area contributed by atoms with Crippen molar-refractivity contribution in [2.45, 2.75) is 57.0 Å². The second-order valence-electron chi connectivity index (χ2n) is 7.68. The van der Waals surface area contributed by atoms with Crippen LogP contribution in [0.5, 0.6) is 0 Å². The molecule has 7 heteroatoms. The lowest BCUT2D eigenvalue weighted by atomic mass is 10.00. The van der Waals surface area contributed by atoms with Crippen molar-refractivity contribution >= 4 is 5.91 Å². The average Bonchev–Trinajstić information content (AvgIpc) is 3.19. The number of nitrogens with zero attached hydrogens (tertiary/aromatic N) is 5. The average molecular weight is 346 g/mol. The zero-order valence-electron chi connectivity index (χ0n) is 15.1. The van der Waals surface area contributed by atoms with Crippen molar-refractivity contribution in [1.29, 1.82) is 0 Å². The van der Waals surface area contributed by atoms with E-state index in [1.54, 1.807) is 0 Å². The first kappa shape index (κ1) is 17.0. The van der Waals surface area contributed by atoms with Gasteiger partial charge in [-0.05, 0) is 64.7 Å². The number of nitrogens with one attached hydrogen (secondary N) is 1. The van der Waals surface area contributed by atoms with Crippen molar-refractivity contribution in [1.82, 2.24) is 30.1 Å². The summed E-state index contributed by atoms with van der Waals surface area (Å²) in [5.41, 5.74) is 0.509. The van der Waals surface area contributed by atoms with Crippen LogP contribution in [-0.4, -0.2) is 76.0 Å².